The number of phenolic OH excluding ortho intramolecular Hbond substituents is 1. The highest BCUT2D eigenvalue weighted by Crippen LogP contribution is 2.36. The molecule has 1 aliphatic rings. The van der Waals surface area contributed by atoms with Crippen molar-refractivity contribution < 1.29 is 32.6 Å². The molecule has 1 fully saturated rings. The number of aromatic hydroxyl groups is 1. The number of phenols is 1. The number of halogens is 3. The van der Waals surface area contributed by atoms with Crippen molar-refractivity contribution in [2.45, 2.75) is 19.0 Å². The van der Waals surface area contributed by atoms with Gasteiger partial charge in [-0.1, -0.05) is 11.3 Å². The van der Waals surface area contributed by atoms with Gasteiger partial charge >= 0.3 is 18.2 Å². The molecule has 15 heteroatoms. The summed E-state index contributed by atoms with van der Waals surface area (Å²) in [5.74, 6) is 0.494. The number of alkyl halides is 3. The van der Waals surface area contributed by atoms with Gasteiger partial charge in [0.1, 0.15) is 11.5 Å². The molecule has 0 bridgehead atoms. The van der Waals surface area contributed by atoms with E-state index in [2.05, 4.69) is 30.6 Å². The number of anilines is 3. The number of hydrogen-bond acceptors (Lipinski definition) is 9. The van der Waals surface area contributed by atoms with Crippen LogP contribution in [0.2, 0.25) is 0 Å². The van der Waals surface area contributed by atoms with Gasteiger partial charge in [-0.2, -0.15) is 13.2 Å². The van der Waals surface area contributed by atoms with Crippen LogP contribution < -0.4 is 20.3 Å². The van der Waals surface area contributed by atoms with Crippen LogP contribution in [0.5, 0.6) is 17.5 Å². The van der Waals surface area contributed by atoms with Crippen molar-refractivity contribution in [3.05, 3.63) is 84.9 Å². The van der Waals surface area contributed by atoms with Crippen LogP contribution in [0.15, 0.2) is 79.4 Å². The van der Waals surface area contributed by atoms with Crippen LogP contribution in [-0.4, -0.2) is 43.5 Å². The van der Waals surface area contributed by atoms with Gasteiger partial charge in [-0.15, -0.1) is 0 Å². The van der Waals surface area contributed by atoms with E-state index in [1.54, 1.807) is 23.2 Å². The lowest BCUT2D eigenvalue weighted by atomic mass is 10.1. The molecule has 5 aromatic rings. The summed E-state index contributed by atoms with van der Waals surface area (Å²) in [6, 6.07) is 12.7. The standard InChI is InChI=1S/C30H22F3N7O4S/c31-30(32,33)19-12-23(26(34-13-19)18-3-7-21(41)8-4-18)39-27(43)38-20-14-35-28(36-15-20)44-22-9-5-17(6-10-22)24-16-37-29(45-24)40-11-1-2-25(40)42/h3-10,12-16,41H,1-2,11H2,(H2,38,39,43). The van der Waals surface area contributed by atoms with Gasteiger partial charge < -0.3 is 20.5 Å². The number of nitrogens with zero attached hydrogens (tertiary/aromatic N) is 5. The van der Waals surface area contributed by atoms with Crippen molar-refractivity contribution in [3.8, 4) is 39.2 Å². The first-order valence-corrected chi connectivity index (χ1v) is 14.3. The molecular formula is C30H22F3N7O4S. The lowest BCUT2D eigenvalue weighted by molar-refractivity contribution is -0.137. The lowest BCUT2D eigenvalue weighted by Gasteiger charge is -2.14. The number of pyridine rings is 1. The molecular weight excluding hydrogens is 611 g/mol. The van der Waals surface area contributed by atoms with Gasteiger partial charge in [0.25, 0.3) is 0 Å². The molecule has 3 N–H and O–H groups in total. The Morgan fingerprint density at radius 1 is 0.911 bits per heavy atom. The van der Waals surface area contributed by atoms with Gasteiger partial charge in [-0.05, 0) is 66.6 Å². The van der Waals surface area contributed by atoms with E-state index < -0.39 is 17.8 Å². The minimum atomic E-state index is -4.68. The second-order valence-electron chi connectivity index (χ2n) is 9.78. The summed E-state index contributed by atoms with van der Waals surface area (Å²) in [5.41, 5.74) is 0.254. The fraction of sp³-hybridized carbons (Fsp3) is 0.133. The highest BCUT2D eigenvalue weighted by atomic mass is 32.1. The minimum absolute atomic E-state index is 0.00183. The third kappa shape index (κ3) is 6.83. The summed E-state index contributed by atoms with van der Waals surface area (Å²) in [4.78, 5) is 43.8. The van der Waals surface area contributed by atoms with Crippen molar-refractivity contribution in [2.75, 3.05) is 22.1 Å². The number of carbonyl (C=O) groups is 2. The van der Waals surface area contributed by atoms with E-state index in [0.717, 1.165) is 22.9 Å². The van der Waals surface area contributed by atoms with Crippen LogP contribution in [0.25, 0.3) is 21.7 Å². The van der Waals surface area contributed by atoms with E-state index in [1.165, 1.54) is 48.0 Å². The predicted molar refractivity (Wildman–Crippen MR) is 160 cm³/mol. The van der Waals surface area contributed by atoms with E-state index in [9.17, 15) is 27.9 Å². The molecule has 3 aromatic heterocycles. The van der Waals surface area contributed by atoms with Crippen molar-refractivity contribution in [3.63, 3.8) is 0 Å². The van der Waals surface area contributed by atoms with Gasteiger partial charge in [-0.3, -0.25) is 14.7 Å². The van der Waals surface area contributed by atoms with Gasteiger partial charge in [0, 0.05) is 30.9 Å². The third-order valence-corrected chi connectivity index (χ3v) is 7.71. The Hall–Kier alpha value is -5.57. The number of rotatable bonds is 7. The number of ether oxygens (including phenoxy) is 1. The Kier molecular flexibility index (Phi) is 8.00. The van der Waals surface area contributed by atoms with Gasteiger partial charge in [0.2, 0.25) is 5.91 Å². The van der Waals surface area contributed by atoms with Crippen LogP contribution in [-0.2, 0) is 11.0 Å². The fourth-order valence-electron chi connectivity index (χ4n) is 4.45. The summed E-state index contributed by atoms with van der Waals surface area (Å²) in [6.45, 7) is 0.673. The number of nitrogens with one attached hydrogen (secondary N) is 2. The zero-order valence-corrected chi connectivity index (χ0v) is 23.9. The van der Waals surface area contributed by atoms with E-state index in [4.69, 9.17) is 4.74 Å². The van der Waals surface area contributed by atoms with Gasteiger partial charge in [0.15, 0.2) is 5.13 Å². The summed E-state index contributed by atoms with van der Waals surface area (Å²) < 4.78 is 45.8. The molecule has 11 nitrogen and oxygen atoms in total. The highest BCUT2D eigenvalue weighted by Gasteiger charge is 2.32. The third-order valence-electron chi connectivity index (χ3n) is 6.64. The van der Waals surface area contributed by atoms with E-state index in [0.29, 0.717) is 35.6 Å². The lowest BCUT2D eigenvalue weighted by Crippen LogP contribution is -2.23. The second kappa shape index (κ2) is 12.2. The maximum Gasteiger partial charge on any atom is 0.417 e. The predicted octanol–water partition coefficient (Wildman–Crippen LogP) is 6.95. The minimum Gasteiger partial charge on any atom is -0.508 e. The van der Waals surface area contributed by atoms with Crippen LogP contribution >= 0.6 is 11.3 Å². The number of thiazole rings is 1. The molecule has 0 saturated carbocycles. The average molecular weight is 634 g/mol. The SMILES string of the molecule is O=C(Nc1cnc(Oc2ccc(-c3cnc(N4CCCC4=O)s3)cc2)nc1)Nc1cc(C(F)(F)F)cnc1-c1ccc(O)cc1. The van der Waals surface area contributed by atoms with Crippen LogP contribution in [0.1, 0.15) is 18.4 Å². The first-order valence-electron chi connectivity index (χ1n) is 13.4. The van der Waals surface area contributed by atoms with Crippen molar-refractivity contribution in [1.82, 2.24) is 19.9 Å². The molecule has 45 heavy (non-hydrogen) atoms. The number of amides is 3. The molecule has 0 radical (unpaired) electrons. The Bertz CT molecular complexity index is 1850. The highest BCUT2D eigenvalue weighted by molar-refractivity contribution is 7.19. The molecule has 1 saturated heterocycles. The average Bonchev–Trinajstić information content (AvgIpc) is 3.68. The summed E-state index contributed by atoms with van der Waals surface area (Å²) in [5, 5.41) is 15.1. The van der Waals surface area contributed by atoms with Crippen molar-refractivity contribution in [2.24, 2.45) is 0 Å². The fourth-order valence-corrected chi connectivity index (χ4v) is 5.41. The maximum absolute atomic E-state index is 13.4. The number of urea groups is 1. The van der Waals surface area contributed by atoms with Crippen molar-refractivity contribution in [1.29, 1.82) is 0 Å². The Morgan fingerprint density at radius 2 is 1.62 bits per heavy atom. The maximum atomic E-state index is 13.4. The van der Waals surface area contributed by atoms with Crippen LogP contribution in [0, 0.1) is 0 Å². The monoisotopic (exact) mass is 633 g/mol. The Labute approximate surface area is 257 Å². The number of hydrogen-bond donors (Lipinski definition) is 3. The van der Waals surface area contributed by atoms with E-state index >= 15 is 0 Å². The molecule has 0 aliphatic carbocycles. The van der Waals surface area contributed by atoms with E-state index in [1.807, 2.05) is 12.1 Å². The Morgan fingerprint density at radius 3 is 2.29 bits per heavy atom. The zero-order chi connectivity index (χ0) is 31.6. The molecule has 0 atom stereocenters. The molecule has 0 unspecified atom stereocenters. The first-order chi connectivity index (χ1) is 21.6. The molecule has 0 spiro atoms. The van der Waals surface area contributed by atoms with Crippen molar-refractivity contribution >= 4 is 39.8 Å². The van der Waals surface area contributed by atoms with Gasteiger partial charge in [0.05, 0.1) is 39.9 Å². The zero-order valence-electron chi connectivity index (χ0n) is 23.1. The quantitative estimate of drug-likeness (QED) is 0.175. The van der Waals surface area contributed by atoms with Crippen LogP contribution in [0.3, 0.4) is 0 Å². The topological polar surface area (TPSA) is 142 Å². The molecule has 3 amide bonds. The number of carbonyl (C=O) groups excluding carboxylic acids is 2. The number of benzene rings is 2. The molecule has 228 valence electrons. The molecule has 6 rings (SSSR count). The summed E-state index contributed by atoms with van der Waals surface area (Å²) in [6.07, 6.45) is 1.63. The summed E-state index contributed by atoms with van der Waals surface area (Å²) >= 11 is 1.43. The van der Waals surface area contributed by atoms with E-state index in [-0.39, 0.29) is 34.7 Å². The second-order valence-corrected chi connectivity index (χ2v) is 10.8. The molecule has 1 aliphatic heterocycles. The molecule has 4 heterocycles. The summed E-state index contributed by atoms with van der Waals surface area (Å²) in [7, 11) is 0. The Balaban J connectivity index is 1.09. The van der Waals surface area contributed by atoms with Crippen LogP contribution in [0.4, 0.5) is 34.5 Å². The normalized spacial score (nSPS) is 13.1. The first kappa shape index (κ1) is 29.5. The largest absolute Gasteiger partial charge is 0.508 e. The smallest absolute Gasteiger partial charge is 0.417 e. The number of aromatic nitrogens is 4. The molecule has 2 aromatic carbocycles. The van der Waals surface area contributed by atoms with Gasteiger partial charge in [-0.25, -0.2) is 19.7 Å².